The molecule has 0 aromatic heterocycles. The smallest absolute Gasteiger partial charge is 0.255 e. The van der Waals surface area contributed by atoms with Gasteiger partial charge >= 0.3 is 0 Å². The summed E-state index contributed by atoms with van der Waals surface area (Å²) in [6, 6.07) is 11.5. The first-order chi connectivity index (χ1) is 11.0. The van der Waals surface area contributed by atoms with Crippen molar-refractivity contribution >= 4 is 46.4 Å². The fraction of sp³-hybridized carbons (Fsp3) is 0.176. The number of nitrogens with one attached hydrogen (secondary N) is 2. The Labute approximate surface area is 144 Å². The van der Waals surface area contributed by atoms with Crippen molar-refractivity contribution in [1.82, 2.24) is 0 Å². The lowest BCUT2D eigenvalue weighted by Gasteiger charge is -2.11. The summed E-state index contributed by atoms with van der Waals surface area (Å²) >= 11 is 12.0. The lowest BCUT2D eigenvalue weighted by atomic mass is 10.2. The SMILES string of the molecule is CCCC(=O)Nc1ccc(Cl)c(NC(=O)c2cccc(Cl)c2)c1. The van der Waals surface area contributed by atoms with Crippen molar-refractivity contribution in [3.8, 4) is 0 Å². The maximum atomic E-state index is 12.2. The minimum Gasteiger partial charge on any atom is -0.326 e. The topological polar surface area (TPSA) is 58.2 Å². The second-order valence-electron chi connectivity index (χ2n) is 4.96. The van der Waals surface area contributed by atoms with Crippen LogP contribution in [0, 0.1) is 0 Å². The molecule has 2 amide bonds. The van der Waals surface area contributed by atoms with E-state index in [-0.39, 0.29) is 11.8 Å². The van der Waals surface area contributed by atoms with Crippen molar-refractivity contribution in [1.29, 1.82) is 0 Å². The third-order valence-corrected chi connectivity index (χ3v) is 3.63. The number of hydrogen-bond acceptors (Lipinski definition) is 2. The maximum Gasteiger partial charge on any atom is 0.255 e. The highest BCUT2D eigenvalue weighted by Crippen LogP contribution is 2.26. The van der Waals surface area contributed by atoms with Crippen molar-refractivity contribution in [2.75, 3.05) is 10.6 Å². The van der Waals surface area contributed by atoms with Gasteiger partial charge in [-0.05, 0) is 42.8 Å². The van der Waals surface area contributed by atoms with Gasteiger partial charge in [-0.1, -0.05) is 36.2 Å². The van der Waals surface area contributed by atoms with Crippen LogP contribution in [0.4, 0.5) is 11.4 Å². The van der Waals surface area contributed by atoms with Gasteiger partial charge in [0.25, 0.3) is 5.91 Å². The van der Waals surface area contributed by atoms with E-state index >= 15 is 0 Å². The van der Waals surface area contributed by atoms with Crippen molar-refractivity contribution in [2.45, 2.75) is 19.8 Å². The molecule has 0 heterocycles. The average Bonchev–Trinajstić information content (AvgIpc) is 2.51. The minimum atomic E-state index is -0.327. The molecule has 23 heavy (non-hydrogen) atoms. The lowest BCUT2D eigenvalue weighted by Crippen LogP contribution is -2.14. The zero-order chi connectivity index (χ0) is 16.8. The van der Waals surface area contributed by atoms with Crippen LogP contribution in [-0.2, 0) is 4.79 Å². The first-order valence-corrected chi connectivity index (χ1v) is 7.91. The fourth-order valence-corrected chi connectivity index (χ4v) is 2.33. The molecule has 0 radical (unpaired) electrons. The summed E-state index contributed by atoms with van der Waals surface area (Å²) in [5, 5.41) is 6.34. The molecule has 0 saturated heterocycles. The molecule has 0 aliphatic carbocycles. The first kappa shape index (κ1) is 17.3. The van der Waals surface area contributed by atoms with E-state index in [1.165, 1.54) is 0 Å². The molecule has 4 nitrogen and oxygen atoms in total. The van der Waals surface area contributed by atoms with Crippen LogP contribution < -0.4 is 10.6 Å². The second-order valence-corrected chi connectivity index (χ2v) is 5.80. The van der Waals surface area contributed by atoms with Crippen molar-refractivity contribution in [3.63, 3.8) is 0 Å². The predicted molar refractivity (Wildman–Crippen MR) is 94.4 cm³/mol. The monoisotopic (exact) mass is 350 g/mol. The molecule has 0 aliphatic heterocycles. The van der Waals surface area contributed by atoms with Crippen LogP contribution >= 0.6 is 23.2 Å². The summed E-state index contributed by atoms with van der Waals surface area (Å²) < 4.78 is 0. The molecule has 2 aromatic rings. The normalized spacial score (nSPS) is 10.2. The van der Waals surface area contributed by atoms with Gasteiger partial charge in [0.1, 0.15) is 0 Å². The van der Waals surface area contributed by atoms with Gasteiger partial charge in [0.2, 0.25) is 5.91 Å². The number of amides is 2. The van der Waals surface area contributed by atoms with E-state index in [4.69, 9.17) is 23.2 Å². The number of halogens is 2. The van der Waals surface area contributed by atoms with E-state index in [2.05, 4.69) is 10.6 Å². The molecule has 2 N–H and O–H groups in total. The Morgan fingerprint density at radius 3 is 2.52 bits per heavy atom. The van der Waals surface area contributed by atoms with Crippen molar-refractivity contribution in [2.24, 2.45) is 0 Å². The van der Waals surface area contributed by atoms with E-state index < -0.39 is 0 Å². The van der Waals surface area contributed by atoms with Gasteiger partial charge < -0.3 is 10.6 Å². The quantitative estimate of drug-likeness (QED) is 0.798. The van der Waals surface area contributed by atoms with Crippen molar-refractivity contribution in [3.05, 3.63) is 58.1 Å². The molecule has 0 unspecified atom stereocenters. The van der Waals surface area contributed by atoms with Gasteiger partial charge in [0.05, 0.1) is 10.7 Å². The standard InChI is InChI=1S/C17H16Cl2N2O2/c1-2-4-16(22)20-13-7-8-14(19)15(10-13)21-17(23)11-5-3-6-12(18)9-11/h3,5-10H,2,4H2,1H3,(H,20,22)(H,21,23). The summed E-state index contributed by atoms with van der Waals surface area (Å²) in [7, 11) is 0. The summed E-state index contributed by atoms with van der Waals surface area (Å²) in [4.78, 5) is 23.9. The number of carbonyl (C=O) groups excluding carboxylic acids is 2. The summed E-state index contributed by atoms with van der Waals surface area (Å²) in [5.74, 6) is -0.409. The third kappa shape index (κ3) is 4.98. The Morgan fingerprint density at radius 2 is 1.83 bits per heavy atom. The summed E-state index contributed by atoms with van der Waals surface area (Å²) in [6.45, 7) is 1.93. The molecule has 2 aromatic carbocycles. The molecular formula is C17H16Cl2N2O2. The van der Waals surface area contributed by atoms with Crippen LogP contribution in [-0.4, -0.2) is 11.8 Å². The number of anilines is 2. The lowest BCUT2D eigenvalue weighted by molar-refractivity contribution is -0.116. The van der Waals surface area contributed by atoms with Gasteiger partial charge in [-0.15, -0.1) is 0 Å². The molecule has 120 valence electrons. The first-order valence-electron chi connectivity index (χ1n) is 7.16. The molecule has 6 heteroatoms. The van der Waals surface area contributed by atoms with Crippen LogP contribution in [0.5, 0.6) is 0 Å². The van der Waals surface area contributed by atoms with E-state index in [1.807, 2.05) is 6.92 Å². The van der Waals surface area contributed by atoms with Gasteiger partial charge in [-0.3, -0.25) is 9.59 Å². The highest BCUT2D eigenvalue weighted by atomic mass is 35.5. The molecule has 0 atom stereocenters. The molecule has 2 rings (SSSR count). The predicted octanol–water partition coefficient (Wildman–Crippen LogP) is 4.98. The molecule has 0 aliphatic rings. The number of rotatable bonds is 5. The van der Waals surface area contributed by atoms with E-state index in [1.54, 1.807) is 42.5 Å². The van der Waals surface area contributed by atoms with Crippen LogP contribution in [0.25, 0.3) is 0 Å². The molecular weight excluding hydrogens is 335 g/mol. The number of benzene rings is 2. The van der Waals surface area contributed by atoms with Crippen LogP contribution in [0.1, 0.15) is 30.1 Å². The van der Waals surface area contributed by atoms with Crippen LogP contribution in [0.15, 0.2) is 42.5 Å². The number of hydrogen-bond donors (Lipinski definition) is 2. The van der Waals surface area contributed by atoms with Gasteiger partial charge in [-0.25, -0.2) is 0 Å². The molecule has 0 fully saturated rings. The average molecular weight is 351 g/mol. The zero-order valence-corrected chi connectivity index (χ0v) is 14.0. The van der Waals surface area contributed by atoms with Gasteiger partial charge in [0, 0.05) is 22.7 Å². The zero-order valence-electron chi connectivity index (χ0n) is 12.5. The summed E-state index contributed by atoms with van der Waals surface area (Å²) in [6.07, 6.45) is 1.20. The fourth-order valence-electron chi connectivity index (χ4n) is 1.97. The highest BCUT2D eigenvalue weighted by Gasteiger charge is 2.10. The Morgan fingerprint density at radius 1 is 1.04 bits per heavy atom. The molecule has 0 spiro atoms. The Hall–Kier alpha value is -2.04. The minimum absolute atomic E-state index is 0.0815. The Kier molecular flexibility index (Phi) is 6.02. The highest BCUT2D eigenvalue weighted by molar-refractivity contribution is 6.34. The molecule has 0 saturated carbocycles. The largest absolute Gasteiger partial charge is 0.326 e. The summed E-state index contributed by atoms with van der Waals surface area (Å²) in [5.41, 5.74) is 1.43. The van der Waals surface area contributed by atoms with Crippen LogP contribution in [0.3, 0.4) is 0 Å². The molecule has 0 bridgehead atoms. The van der Waals surface area contributed by atoms with Gasteiger partial charge in [0.15, 0.2) is 0 Å². The second kappa shape index (κ2) is 7.99. The van der Waals surface area contributed by atoms with E-state index in [0.29, 0.717) is 33.4 Å². The van der Waals surface area contributed by atoms with Crippen molar-refractivity contribution < 1.29 is 9.59 Å². The van der Waals surface area contributed by atoms with E-state index in [9.17, 15) is 9.59 Å². The van der Waals surface area contributed by atoms with Crippen LogP contribution in [0.2, 0.25) is 10.0 Å². The maximum absolute atomic E-state index is 12.2. The third-order valence-electron chi connectivity index (χ3n) is 3.06. The Bertz CT molecular complexity index is 732. The van der Waals surface area contributed by atoms with Gasteiger partial charge in [-0.2, -0.15) is 0 Å². The Balaban J connectivity index is 2.15. The number of carbonyl (C=O) groups is 2. The van der Waals surface area contributed by atoms with E-state index in [0.717, 1.165) is 6.42 Å².